The summed E-state index contributed by atoms with van der Waals surface area (Å²) in [6.07, 6.45) is -0.545. The second-order valence-corrected chi connectivity index (χ2v) is 7.10. The van der Waals surface area contributed by atoms with Gasteiger partial charge in [-0.05, 0) is 74.0 Å². The van der Waals surface area contributed by atoms with Gasteiger partial charge in [0.15, 0.2) is 5.11 Å². The summed E-state index contributed by atoms with van der Waals surface area (Å²) in [6.45, 7) is 3.23. The fourth-order valence-corrected chi connectivity index (χ4v) is 3.37. The van der Waals surface area contributed by atoms with Crippen molar-refractivity contribution in [3.8, 4) is 0 Å². The molecule has 1 aliphatic heterocycles. The van der Waals surface area contributed by atoms with E-state index in [0.29, 0.717) is 5.69 Å². The summed E-state index contributed by atoms with van der Waals surface area (Å²) < 4.78 is 38.3. The number of nitrogens with zero attached hydrogens (tertiary/aromatic N) is 1. The monoisotopic (exact) mass is 393 g/mol. The van der Waals surface area contributed by atoms with Gasteiger partial charge in [-0.3, -0.25) is 4.90 Å². The van der Waals surface area contributed by atoms with Crippen molar-refractivity contribution < 1.29 is 13.2 Å². The molecule has 0 radical (unpaired) electrons. The average Bonchev–Trinajstić information content (AvgIpc) is 2.64. The van der Waals surface area contributed by atoms with Crippen LogP contribution in [0, 0.1) is 0 Å². The molecular weight excluding hydrogens is 371 g/mol. The number of rotatable bonds is 4. The van der Waals surface area contributed by atoms with Crippen LogP contribution in [-0.4, -0.2) is 23.1 Å². The van der Waals surface area contributed by atoms with Gasteiger partial charge in [-0.15, -0.1) is 0 Å². The quantitative estimate of drug-likeness (QED) is 0.671. The van der Waals surface area contributed by atoms with Gasteiger partial charge in [-0.1, -0.05) is 24.6 Å². The molecule has 0 aromatic heterocycles. The summed E-state index contributed by atoms with van der Waals surface area (Å²) in [5, 5.41) is 6.05. The van der Waals surface area contributed by atoms with Crippen LogP contribution < -0.4 is 10.6 Å². The minimum Gasteiger partial charge on any atom is -0.332 e. The number of hydrogen-bond acceptors (Lipinski definition) is 2. The molecule has 0 amide bonds. The number of nitrogens with one attached hydrogen (secondary N) is 2. The standard InChI is InChI=1S/C20H22F3N3S/c21-20(22,23)16-5-4-6-18(13-16)25-19(27)24-17-9-7-15(8-10-17)14-26-11-2-1-3-12-26/h4-10,13H,1-3,11-12,14H2,(H2,24,25,27). The largest absolute Gasteiger partial charge is 0.416 e. The SMILES string of the molecule is FC(F)(F)c1cccc(NC(=S)Nc2ccc(CN3CCCCC3)cc2)c1. The zero-order valence-electron chi connectivity index (χ0n) is 14.9. The fraction of sp³-hybridized carbons (Fsp3) is 0.350. The Bertz CT molecular complexity index is 769. The van der Waals surface area contributed by atoms with E-state index >= 15 is 0 Å². The second-order valence-electron chi connectivity index (χ2n) is 6.69. The Kier molecular flexibility index (Phi) is 6.34. The minimum absolute atomic E-state index is 0.248. The zero-order valence-corrected chi connectivity index (χ0v) is 15.7. The molecule has 1 saturated heterocycles. The maximum Gasteiger partial charge on any atom is 0.416 e. The van der Waals surface area contributed by atoms with Gasteiger partial charge in [0.2, 0.25) is 0 Å². The van der Waals surface area contributed by atoms with Gasteiger partial charge in [0.1, 0.15) is 0 Å². The summed E-state index contributed by atoms with van der Waals surface area (Å²) >= 11 is 5.21. The maximum atomic E-state index is 12.8. The molecule has 27 heavy (non-hydrogen) atoms. The lowest BCUT2D eigenvalue weighted by atomic mass is 10.1. The molecule has 3 nitrogen and oxygen atoms in total. The van der Waals surface area contributed by atoms with Gasteiger partial charge in [-0.25, -0.2) is 0 Å². The Morgan fingerprint density at radius 3 is 2.26 bits per heavy atom. The van der Waals surface area contributed by atoms with Crippen molar-refractivity contribution >= 4 is 28.7 Å². The number of benzene rings is 2. The minimum atomic E-state index is -4.38. The van der Waals surface area contributed by atoms with Crippen LogP contribution in [0.4, 0.5) is 24.5 Å². The number of halogens is 3. The molecule has 1 aliphatic rings. The van der Waals surface area contributed by atoms with Crippen molar-refractivity contribution in [3.05, 3.63) is 59.7 Å². The van der Waals surface area contributed by atoms with Crippen molar-refractivity contribution in [2.75, 3.05) is 23.7 Å². The summed E-state index contributed by atoms with van der Waals surface area (Å²) in [6, 6.07) is 12.9. The highest BCUT2D eigenvalue weighted by Gasteiger charge is 2.30. The zero-order chi connectivity index (χ0) is 19.3. The molecule has 2 N–H and O–H groups in total. The van der Waals surface area contributed by atoms with E-state index in [1.54, 1.807) is 6.07 Å². The predicted molar refractivity (Wildman–Crippen MR) is 107 cm³/mol. The van der Waals surface area contributed by atoms with Crippen LogP contribution in [0.1, 0.15) is 30.4 Å². The van der Waals surface area contributed by atoms with Gasteiger partial charge >= 0.3 is 6.18 Å². The molecule has 0 atom stereocenters. The first kappa shape index (κ1) is 19.6. The molecular formula is C20H22F3N3S. The third-order valence-electron chi connectivity index (χ3n) is 4.51. The van der Waals surface area contributed by atoms with Crippen molar-refractivity contribution in [1.29, 1.82) is 0 Å². The van der Waals surface area contributed by atoms with E-state index in [4.69, 9.17) is 12.2 Å². The lowest BCUT2D eigenvalue weighted by Gasteiger charge is -2.26. The Balaban J connectivity index is 1.55. The lowest BCUT2D eigenvalue weighted by molar-refractivity contribution is -0.137. The van der Waals surface area contributed by atoms with Crippen LogP contribution in [0.15, 0.2) is 48.5 Å². The summed E-state index contributed by atoms with van der Waals surface area (Å²) in [5.74, 6) is 0. The summed E-state index contributed by atoms with van der Waals surface area (Å²) in [5.41, 5.74) is 1.61. The molecule has 0 aliphatic carbocycles. The first-order chi connectivity index (χ1) is 12.9. The first-order valence-electron chi connectivity index (χ1n) is 8.97. The van der Waals surface area contributed by atoms with E-state index in [1.807, 2.05) is 24.3 Å². The average molecular weight is 393 g/mol. The molecule has 0 saturated carbocycles. The molecule has 0 unspecified atom stereocenters. The molecule has 0 spiro atoms. The molecule has 0 bridgehead atoms. The Labute approximate surface area is 162 Å². The third-order valence-corrected chi connectivity index (χ3v) is 4.72. The smallest absolute Gasteiger partial charge is 0.332 e. The van der Waals surface area contributed by atoms with Crippen LogP contribution in [0.3, 0.4) is 0 Å². The lowest BCUT2D eigenvalue weighted by Crippen LogP contribution is -2.29. The molecule has 1 heterocycles. The summed E-state index contributed by atoms with van der Waals surface area (Å²) in [7, 11) is 0. The normalized spacial score (nSPS) is 15.4. The van der Waals surface area contributed by atoms with Crippen molar-refractivity contribution in [3.63, 3.8) is 0 Å². The molecule has 1 fully saturated rings. The number of hydrogen-bond donors (Lipinski definition) is 2. The highest BCUT2D eigenvalue weighted by Crippen LogP contribution is 2.30. The topological polar surface area (TPSA) is 27.3 Å². The number of piperidine rings is 1. The molecule has 3 rings (SSSR count). The third kappa shape index (κ3) is 5.94. The highest BCUT2D eigenvalue weighted by molar-refractivity contribution is 7.80. The predicted octanol–water partition coefficient (Wildman–Crippen LogP) is 5.50. The van der Waals surface area contributed by atoms with Gasteiger partial charge in [0.25, 0.3) is 0 Å². The van der Waals surface area contributed by atoms with E-state index in [9.17, 15) is 13.2 Å². The van der Waals surface area contributed by atoms with Gasteiger partial charge in [0, 0.05) is 17.9 Å². The van der Waals surface area contributed by atoms with E-state index < -0.39 is 11.7 Å². The van der Waals surface area contributed by atoms with E-state index in [-0.39, 0.29) is 5.11 Å². The van der Waals surface area contributed by atoms with Crippen LogP contribution >= 0.6 is 12.2 Å². The van der Waals surface area contributed by atoms with Crippen LogP contribution in [0.2, 0.25) is 0 Å². The number of alkyl halides is 3. The maximum absolute atomic E-state index is 12.8. The van der Waals surface area contributed by atoms with E-state index in [1.165, 1.54) is 30.9 Å². The van der Waals surface area contributed by atoms with Gasteiger partial charge in [0.05, 0.1) is 5.56 Å². The molecule has 2 aromatic rings. The van der Waals surface area contributed by atoms with E-state index in [2.05, 4.69) is 15.5 Å². The Morgan fingerprint density at radius 2 is 1.59 bits per heavy atom. The van der Waals surface area contributed by atoms with Crippen LogP contribution in [-0.2, 0) is 12.7 Å². The van der Waals surface area contributed by atoms with E-state index in [0.717, 1.165) is 37.5 Å². The molecule has 7 heteroatoms. The molecule has 2 aromatic carbocycles. The highest BCUT2D eigenvalue weighted by atomic mass is 32.1. The molecule has 144 valence electrons. The number of thiocarbonyl (C=S) groups is 1. The fourth-order valence-electron chi connectivity index (χ4n) is 3.14. The Hall–Kier alpha value is -2.12. The van der Waals surface area contributed by atoms with Gasteiger partial charge in [-0.2, -0.15) is 13.2 Å². The first-order valence-corrected chi connectivity index (χ1v) is 9.37. The number of anilines is 2. The Morgan fingerprint density at radius 1 is 0.926 bits per heavy atom. The van der Waals surface area contributed by atoms with Crippen molar-refractivity contribution in [1.82, 2.24) is 4.90 Å². The van der Waals surface area contributed by atoms with Gasteiger partial charge < -0.3 is 10.6 Å². The van der Waals surface area contributed by atoms with Crippen molar-refractivity contribution in [2.24, 2.45) is 0 Å². The second kappa shape index (κ2) is 8.71. The number of likely N-dealkylation sites (tertiary alicyclic amines) is 1. The van der Waals surface area contributed by atoms with Crippen LogP contribution in [0.5, 0.6) is 0 Å². The van der Waals surface area contributed by atoms with Crippen LogP contribution in [0.25, 0.3) is 0 Å². The van der Waals surface area contributed by atoms with Crippen molar-refractivity contribution in [2.45, 2.75) is 32.0 Å². The summed E-state index contributed by atoms with van der Waals surface area (Å²) in [4.78, 5) is 2.45.